The molecule has 2 aromatic carbocycles. The van der Waals surface area contributed by atoms with Gasteiger partial charge in [0, 0.05) is 17.7 Å². The Morgan fingerprint density at radius 1 is 1.11 bits per heavy atom. The van der Waals surface area contributed by atoms with E-state index >= 15 is 0 Å². The summed E-state index contributed by atoms with van der Waals surface area (Å²) in [5.41, 5.74) is 9.95. The number of aliphatic hydroxyl groups excluding tert-OH is 1. The van der Waals surface area contributed by atoms with Crippen molar-refractivity contribution in [3.05, 3.63) is 64.5 Å². The van der Waals surface area contributed by atoms with Gasteiger partial charge < -0.3 is 10.8 Å². The van der Waals surface area contributed by atoms with Crippen molar-refractivity contribution in [1.29, 1.82) is 0 Å². The first kappa shape index (κ1) is 13.6. The number of anilines is 1. The Hall–Kier alpha value is -1.87. The summed E-state index contributed by atoms with van der Waals surface area (Å²) in [7, 11) is 0. The summed E-state index contributed by atoms with van der Waals surface area (Å²) in [4.78, 5) is 0. The van der Waals surface area contributed by atoms with Crippen LogP contribution in [0.4, 0.5) is 10.1 Å². The lowest BCUT2D eigenvalue weighted by Crippen LogP contribution is -2.06. The fourth-order valence-electron chi connectivity index (χ4n) is 2.35. The van der Waals surface area contributed by atoms with E-state index < -0.39 is 6.10 Å². The normalized spacial score (nSPS) is 12.4. The molecule has 19 heavy (non-hydrogen) atoms. The number of benzene rings is 2. The number of aryl methyl sites for hydroxylation is 2. The molecule has 0 heterocycles. The number of hydrogen-bond donors (Lipinski definition) is 2. The largest absolute Gasteiger partial charge is 0.398 e. The third kappa shape index (κ3) is 3.32. The van der Waals surface area contributed by atoms with Gasteiger partial charge in [0.25, 0.3) is 0 Å². The van der Waals surface area contributed by atoms with Crippen molar-refractivity contribution in [1.82, 2.24) is 0 Å². The minimum absolute atomic E-state index is 0.385. The van der Waals surface area contributed by atoms with Gasteiger partial charge >= 0.3 is 0 Å². The summed E-state index contributed by atoms with van der Waals surface area (Å²) < 4.78 is 13.2. The molecular formula is C16H18FNO. The average molecular weight is 259 g/mol. The molecule has 1 atom stereocenters. The van der Waals surface area contributed by atoms with Gasteiger partial charge in [0.1, 0.15) is 5.82 Å². The zero-order chi connectivity index (χ0) is 14.0. The molecule has 0 saturated carbocycles. The Kier molecular flexibility index (Phi) is 3.86. The molecule has 2 aromatic rings. The first-order valence-electron chi connectivity index (χ1n) is 6.26. The maximum absolute atomic E-state index is 13.2. The molecule has 1 unspecified atom stereocenters. The number of nitrogen functional groups attached to an aromatic ring is 1. The molecule has 0 saturated heterocycles. The highest BCUT2D eigenvalue weighted by Crippen LogP contribution is 2.25. The monoisotopic (exact) mass is 259 g/mol. The highest BCUT2D eigenvalue weighted by atomic mass is 19.1. The number of nitrogens with two attached hydrogens (primary N) is 1. The lowest BCUT2D eigenvalue weighted by atomic mass is 9.97. The Labute approximate surface area is 112 Å². The molecule has 0 aliphatic carbocycles. The van der Waals surface area contributed by atoms with E-state index in [9.17, 15) is 9.50 Å². The first-order valence-corrected chi connectivity index (χ1v) is 6.26. The van der Waals surface area contributed by atoms with Crippen LogP contribution in [0.25, 0.3) is 0 Å². The standard InChI is InChI=1S/C16H18FNO/c1-10-5-11(2)7-12(6-10)8-16(19)14-9-13(17)3-4-15(14)18/h3-7,9,16,19H,8,18H2,1-2H3. The molecule has 100 valence electrons. The second-order valence-corrected chi connectivity index (χ2v) is 4.99. The molecule has 0 aliphatic rings. The minimum Gasteiger partial charge on any atom is -0.398 e. The van der Waals surface area contributed by atoms with E-state index in [0.717, 1.165) is 16.7 Å². The van der Waals surface area contributed by atoms with Crippen LogP contribution in [0.1, 0.15) is 28.4 Å². The third-order valence-electron chi connectivity index (χ3n) is 3.12. The van der Waals surface area contributed by atoms with Crippen molar-refractivity contribution >= 4 is 5.69 Å². The Morgan fingerprint density at radius 2 is 1.74 bits per heavy atom. The predicted molar refractivity (Wildman–Crippen MR) is 75.4 cm³/mol. The van der Waals surface area contributed by atoms with Crippen LogP contribution in [0.3, 0.4) is 0 Å². The van der Waals surface area contributed by atoms with Crippen LogP contribution in [0.15, 0.2) is 36.4 Å². The third-order valence-corrected chi connectivity index (χ3v) is 3.12. The van der Waals surface area contributed by atoms with Crippen molar-refractivity contribution in [2.45, 2.75) is 26.4 Å². The van der Waals surface area contributed by atoms with Crippen molar-refractivity contribution in [3.8, 4) is 0 Å². The minimum atomic E-state index is -0.795. The summed E-state index contributed by atoms with van der Waals surface area (Å²) in [6.45, 7) is 4.03. The lowest BCUT2D eigenvalue weighted by Gasteiger charge is -2.14. The summed E-state index contributed by atoms with van der Waals surface area (Å²) in [6.07, 6.45) is -0.368. The Morgan fingerprint density at radius 3 is 2.37 bits per heavy atom. The average Bonchev–Trinajstić information content (AvgIpc) is 2.30. The second-order valence-electron chi connectivity index (χ2n) is 4.99. The van der Waals surface area contributed by atoms with Crippen LogP contribution in [-0.2, 0) is 6.42 Å². The molecule has 0 radical (unpaired) electrons. The molecule has 0 aromatic heterocycles. The second kappa shape index (κ2) is 5.41. The van der Waals surface area contributed by atoms with Gasteiger partial charge in [0.2, 0.25) is 0 Å². The first-order chi connectivity index (χ1) is 8.95. The highest BCUT2D eigenvalue weighted by molar-refractivity contribution is 5.48. The van der Waals surface area contributed by atoms with Gasteiger partial charge in [0.15, 0.2) is 0 Å². The summed E-state index contributed by atoms with van der Waals surface area (Å²) >= 11 is 0. The smallest absolute Gasteiger partial charge is 0.123 e. The number of rotatable bonds is 3. The van der Waals surface area contributed by atoms with Crippen molar-refractivity contribution < 1.29 is 9.50 Å². The molecule has 0 bridgehead atoms. The van der Waals surface area contributed by atoms with E-state index in [1.807, 2.05) is 26.0 Å². The molecule has 2 rings (SSSR count). The Bertz CT molecular complexity index is 575. The van der Waals surface area contributed by atoms with Crippen LogP contribution in [-0.4, -0.2) is 5.11 Å². The van der Waals surface area contributed by atoms with E-state index in [2.05, 4.69) is 6.07 Å². The highest BCUT2D eigenvalue weighted by Gasteiger charge is 2.13. The molecule has 3 N–H and O–H groups in total. The van der Waals surface area contributed by atoms with Gasteiger partial charge in [-0.1, -0.05) is 29.3 Å². The molecule has 3 heteroatoms. The van der Waals surface area contributed by atoms with E-state index in [0.29, 0.717) is 17.7 Å². The molecule has 0 fully saturated rings. The fraction of sp³-hybridized carbons (Fsp3) is 0.250. The molecule has 0 amide bonds. The summed E-state index contributed by atoms with van der Waals surface area (Å²) in [5, 5.41) is 10.2. The van der Waals surface area contributed by atoms with Crippen molar-refractivity contribution in [2.24, 2.45) is 0 Å². The van der Waals surface area contributed by atoms with Crippen LogP contribution in [0.2, 0.25) is 0 Å². The van der Waals surface area contributed by atoms with E-state index in [-0.39, 0.29) is 5.82 Å². The van der Waals surface area contributed by atoms with Gasteiger partial charge in [-0.2, -0.15) is 0 Å². The SMILES string of the molecule is Cc1cc(C)cc(CC(O)c2cc(F)ccc2N)c1. The van der Waals surface area contributed by atoms with Crippen LogP contribution >= 0.6 is 0 Å². The summed E-state index contributed by atoms with van der Waals surface area (Å²) in [5.74, 6) is -0.385. The number of halogens is 1. The molecule has 0 aliphatic heterocycles. The van der Waals surface area contributed by atoms with Gasteiger partial charge in [-0.25, -0.2) is 4.39 Å². The van der Waals surface area contributed by atoms with Gasteiger partial charge in [-0.05, 0) is 37.6 Å². The van der Waals surface area contributed by atoms with Crippen molar-refractivity contribution in [2.75, 3.05) is 5.73 Å². The number of hydrogen-bond acceptors (Lipinski definition) is 2. The summed E-state index contributed by atoms with van der Waals surface area (Å²) in [6, 6.07) is 10.2. The van der Waals surface area contributed by atoms with Gasteiger partial charge in [-0.3, -0.25) is 0 Å². The predicted octanol–water partition coefficient (Wildman–Crippen LogP) is 3.30. The zero-order valence-corrected chi connectivity index (χ0v) is 11.2. The zero-order valence-electron chi connectivity index (χ0n) is 11.2. The maximum Gasteiger partial charge on any atom is 0.123 e. The Balaban J connectivity index is 2.25. The topological polar surface area (TPSA) is 46.2 Å². The van der Waals surface area contributed by atoms with Crippen molar-refractivity contribution in [3.63, 3.8) is 0 Å². The van der Waals surface area contributed by atoms with E-state index in [1.165, 1.54) is 18.2 Å². The maximum atomic E-state index is 13.2. The van der Waals surface area contributed by atoms with Crippen LogP contribution in [0, 0.1) is 19.7 Å². The van der Waals surface area contributed by atoms with E-state index in [1.54, 1.807) is 0 Å². The van der Waals surface area contributed by atoms with Crippen LogP contribution < -0.4 is 5.73 Å². The van der Waals surface area contributed by atoms with Crippen LogP contribution in [0.5, 0.6) is 0 Å². The van der Waals surface area contributed by atoms with Gasteiger partial charge in [-0.15, -0.1) is 0 Å². The molecule has 2 nitrogen and oxygen atoms in total. The molecule has 0 spiro atoms. The van der Waals surface area contributed by atoms with Gasteiger partial charge in [0.05, 0.1) is 6.10 Å². The number of aliphatic hydroxyl groups is 1. The van der Waals surface area contributed by atoms with E-state index in [4.69, 9.17) is 5.73 Å². The molecular weight excluding hydrogens is 241 g/mol. The quantitative estimate of drug-likeness (QED) is 0.831. The lowest BCUT2D eigenvalue weighted by molar-refractivity contribution is 0.179. The fourth-order valence-corrected chi connectivity index (χ4v) is 2.35.